The first kappa shape index (κ1) is 19.7. The summed E-state index contributed by atoms with van der Waals surface area (Å²) >= 11 is 0. The van der Waals surface area contributed by atoms with Crippen LogP contribution in [0.4, 0.5) is 0 Å². The molecule has 27 heavy (non-hydrogen) atoms. The van der Waals surface area contributed by atoms with E-state index in [0.29, 0.717) is 11.3 Å². The highest BCUT2D eigenvalue weighted by molar-refractivity contribution is 6.06. The summed E-state index contributed by atoms with van der Waals surface area (Å²) in [4.78, 5) is 36.1. The van der Waals surface area contributed by atoms with Crippen LogP contribution in [0.5, 0.6) is 5.75 Å². The molecule has 2 rings (SSSR count). The zero-order valence-electron chi connectivity index (χ0n) is 14.9. The summed E-state index contributed by atoms with van der Waals surface area (Å²) in [5, 5.41) is 13.9. The molecule has 2 aromatic carbocycles. The Morgan fingerprint density at radius 2 is 1.67 bits per heavy atom. The summed E-state index contributed by atoms with van der Waals surface area (Å²) in [6.45, 7) is 1.34. The Bertz CT molecular complexity index is 862. The highest BCUT2D eigenvalue weighted by atomic mass is 16.5. The molecule has 0 aromatic heterocycles. The standard InChI is InChI=1S/C20H20N2O5/c1-13(20(25)26)21-19(24)16(12-14-8-4-3-5-9-14)22-18(23)15-10-6-7-11-17(15)27-2/h3-13H,1-2H3,(H,21,24)(H,22,23)(H,25,26)/b16-12-/t13-/m1/s1. The molecule has 7 nitrogen and oxygen atoms in total. The van der Waals surface area contributed by atoms with Crippen molar-refractivity contribution in [3.63, 3.8) is 0 Å². The van der Waals surface area contributed by atoms with Crippen molar-refractivity contribution < 1.29 is 24.2 Å². The number of carboxylic acids is 1. The highest BCUT2D eigenvalue weighted by Gasteiger charge is 2.20. The first-order chi connectivity index (χ1) is 12.9. The molecule has 1 atom stereocenters. The van der Waals surface area contributed by atoms with E-state index in [4.69, 9.17) is 9.84 Å². The van der Waals surface area contributed by atoms with Crippen molar-refractivity contribution in [1.82, 2.24) is 10.6 Å². The molecule has 3 N–H and O–H groups in total. The molecule has 0 spiro atoms. The summed E-state index contributed by atoms with van der Waals surface area (Å²) in [6.07, 6.45) is 1.47. The Labute approximate surface area is 156 Å². The number of para-hydroxylation sites is 1. The predicted octanol–water partition coefficient (Wildman–Crippen LogP) is 2.06. The number of rotatable bonds is 7. The van der Waals surface area contributed by atoms with E-state index in [0.717, 1.165) is 0 Å². The van der Waals surface area contributed by atoms with E-state index in [9.17, 15) is 14.4 Å². The summed E-state index contributed by atoms with van der Waals surface area (Å²) in [6, 6.07) is 14.4. The smallest absolute Gasteiger partial charge is 0.325 e. The fraction of sp³-hybridized carbons (Fsp3) is 0.150. The van der Waals surface area contributed by atoms with E-state index in [2.05, 4.69) is 10.6 Å². The van der Waals surface area contributed by atoms with Crippen molar-refractivity contribution in [2.75, 3.05) is 7.11 Å². The van der Waals surface area contributed by atoms with Gasteiger partial charge in [0.05, 0.1) is 12.7 Å². The van der Waals surface area contributed by atoms with Crippen LogP contribution in [0.15, 0.2) is 60.3 Å². The number of ether oxygens (including phenoxy) is 1. The van der Waals surface area contributed by atoms with Gasteiger partial charge in [0.15, 0.2) is 0 Å². The van der Waals surface area contributed by atoms with Gasteiger partial charge in [0.25, 0.3) is 11.8 Å². The zero-order valence-corrected chi connectivity index (χ0v) is 14.9. The SMILES string of the molecule is COc1ccccc1C(=O)N/C(=C\c1ccccc1)C(=O)N[C@H](C)C(=O)O. The lowest BCUT2D eigenvalue weighted by Gasteiger charge is -2.14. The van der Waals surface area contributed by atoms with Gasteiger partial charge in [0.1, 0.15) is 17.5 Å². The molecule has 0 aliphatic carbocycles. The van der Waals surface area contributed by atoms with Gasteiger partial charge in [-0.1, -0.05) is 42.5 Å². The number of aliphatic carboxylic acids is 1. The van der Waals surface area contributed by atoms with E-state index in [1.54, 1.807) is 48.5 Å². The minimum absolute atomic E-state index is 0.0785. The monoisotopic (exact) mass is 368 g/mol. The molecule has 0 unspecified atom stereocenters. The molecule has 140 valence electrons. The van der Waals surface area contributed by atoms with Gasteiger partial charge in [-0.2, -0.15) is 0 Å². The number of carbonyl (C=O) groups is 3. The van der Waals surface area contributed by atoms with Gasteiger partial charge in [-0.3, -0.25) is 14.4 Å². The maximum absolute atomic E-state index is 12.6. The average molecular weight is 368 g/mol. The molecule has 2 amide bonds. The molecule has 0 fully saturated rings. The van der Waals surface area contributed by atoms with Crippen LogP contribution in [0.3, 0.4) is 0 Å². The minimum atomic E-state index is -1.18. The third kappa shape index (κ3) is 5.43. The number of nitrogens with one attached hydrogen (secondary N) is 2. The Morgan fingerprint density at radius 1 is 1.04 bits per heavy atom. The molecule has 0 saturated carbocycles. The van der Waals surface area contributed by atoms with Gasteiger partial charge in [-0.05, 0) is 30.7 Å². The second-order valence-electron chi connectivity index (χ2n) is 5.66. The van der Waals surface area contributed by atoms with Crippen LogP contribution >= 0.6 is 0 Å². The molecule has 0 heterocycles. The van der Waals surface area contributed by atoms with Crippen molar-refractivity contribution in [2.45, 2.75) is 13.0 Å². The van der Waals surface area contributed by atoms with Crippen LogP contribution in [0.2, 0.25) is 0 Å². The Kier molecular flexibility index (Phi) is 6.71. The fourth-order valence-corrected chi connectivity index (χ4v) is 2.23. The van der Waals surface area contributed by atoms with Gasteiger partial charge < -0.3 is 20.5 Å². The van der Waals surface area contributed by atoms with E-state index in [-0.39, 0.29) is 11.3 Å². The number of amides is 2. The number of carboxylic acid groups (broad SMARTS) is 1. The topological polar surface area (TPSA) is 105 Å². The first-order valence-corrected chi connectivity index (χ1v) is 8.17. The highest BCUT2D eigenvalue weighted by Crippen LogP contribution is 2.17. The maximum Gasteiger partial charge on any atom is 0.325 e. The van der Waals surface area contributed by atoms with Crippen LogP contribution in [-0.4, -0.2) is 36.0 Å². The summed E-state index contributed by atoms with van der Waals surface area (Å²) in [7, 11) is 1.44. The van der Waals surface area contributed by atoms with Gasteiger partial charge in [0, 0.05) is 0 Å². The van der Waals surface area contributed by atoms with Crippen molar-refractivity contribution in [1.29, 1.82) is 0 Å². The predicted molar refractivity (Wildman–Crippen MR) is 100 cm³/mol. The second kappa shape index (κ2) is 9.19. The van der Waals surface area contributed by atoms with Crippen molar-refractivity contribution >= 4 is 23.9 Å². The summed E-state index contributed by atoms with van der Waals surface area (Å²) in [5.41, 5.74) is 0.842. The number of carbonyl (C=O) groups excluding carboxylic acids is 2. The van der Waals surface area contributed by atoms with E-state index >= 15 is 0 Å². The zero-order chi connectivity index (χ0) is 19.8. The van der Waals surface area contributed by atoms with Crippen LogP contribution < -0.4 is 15.4 Å². The maximum atomic E-state index is 12.6. The lowest BCUT2D eigenvalue weighted by molar-refractivity contribution is -0.140. The Morgan fingerprint density at radius 3 is 2.30 bits per heavy atom. The fourth-order valence-electron chi connectivity index (χ4n) is 2.23. The van der Waals surface area contributed by atoms with Crippen molar-refractivity contribution in [3.8, 4) is 5.75 Å². The number of hydrogen-bond donors (Lipinski definition) is 3. The largest absolute Gasteiger partial charge is 0.496 e. The van der Waals surface area contributed by atoms with Crippen LogP contribution in [-0.2, 0) is 9.59 Å². The van der Waals surface area contributed by atoms with Gasteiger partial charge in [-0.15, -0.1) is 0 Å². The first-order valence-electron chi connectivity index (χ1n) is 8.17. The average Bonchev–Trinajstić information content (AvgIpc) is 2.67. The third-order valence-electron chi connectivity index (χ3n) is 3.67. The Hall–Kier alpha value is -3.61. The van der Waals surface area contributed by atoms with Gasteiger partial charge >= 0.3 is 5.97 Å². The van der Waals surface area contributed by atoms with E-state index in [1.807, 2.05) is 6.07 Å². The summed E-state index contributed by atoms with van der Waals surface area (Å²) in [5.74, 6) is -2.09. The second-order valence-corrected chi connectivity index (χ2v) is 5.66. The number of hydrogen-bond acceptors (Lipinski definition) is 4. The molecule has 0 saturated heterocycles. The number of benzene rings is 2. The van der Waals surface area contributed by atoms with Gasteiger partial charge in [-0.25, -0.2) is 0 Å². The minimum Gasteiger partial charge on any atom is -0.496 e. The molecular formula is C20H20N2O5. The molecule has 0 radical (unpaired) electrons. The van der Waals surface area contributed by atoms with E-state index in [1.165, 1.54) is 20.1 Å². The molecule has 7 heteroatoms. The normalized spacial score (nSPS) is 12.0. The summed E-state index contributed by atoms with van der Waals surface area (Å²) < 4.78 is 5.16. The van der Waals surface area contributed by atoms with E-state index < -0.39 is 23.8 Å². The van der Waals surface area contributed by atoms with Crippen molar-refractivity contribution in [3.05, 3.63) is 71.4 Å². The van der Waals surface area contributed by atoms with Gasteiger partial charge in [0.2, 0.25) is 0 Å². The molecule has 0 bridgehead atoms. The van der Waals surface area contributed by atoms with Crippen molar-refractivity contribution in [2.24, 2.45) is 0 Å². The molecule has 0 aliphatic heterocycles. The van der Waals surface area contributed by atoms with Crippen LogP contribution in [0, 0.1) is 0 Å². The Balaban J connectivity index is 2.32. The molecular weight excluding hydrogens is 348 g/mol. The molecule has 2 aromatic rings. The third-order valence-corrected chi connectivity index (χ3v) is 3.67. The lowest BCUT2D eigenvalue weighted by atomic mass is 10.1. The van der Waals surface area contributed by atoms with Crippen LogP contribution in [0.25, 0.3) is 6.08 Å². The van der Waals surface area contributed by atoms with Crippen LogP contribution in [0.1, 0.15) is 22.8 Å². The molecule has 0 aliphatic rings. The lowest BCUT2D eigenvalue weighted by Crippen LogP contribution is -2.42. The number of methoxy groups -OCH3 is 1. The quantitative estimate of drug-likeness (QED) is 0.649.